The third-order valence-electron chi connectivity index (χ3n) is 2.88. The van der Waals surface area contributed by atoms with E-state index in [0.29, 0.717) is 21.0 Å². The molecule has 2 aromatic rings. The van der Waals surface area contributed by atoms with Gasteiger partial charge in [0.05, 0.1) is 0 Å². The Morgan fingerprint density at radius 3 is 1.81 bits per heavy atom. The molecule has 0 saturated heterocycles. The normalized spacial score (nSPS) is 10.3. The fourth-order valence-electron chi connectivity index (χ4n) is 1.72. The molecule has 0 atom stereocenters. The highest BCUT2D eigenvalue weighted by Crippen LogP contribution is 2.20. The first kappa shape index (κ1) is 18.3. The van der Waals surface area contributed by atoms with Crippen LogP contribution in [-0.4, -0.2) is 0 Å². The van der Waals surface area contributed by atoms with Gasteiger partial charge in [0.25, 0.3) is 0 Å². The summed E-state index contributed by atoms with van der Waals surface area (Å²) < 4.78 is 12.7. The van der Waals surface area contributed by atoms with Gasteiger partial charge in [-0.3, -0.25) is 0 Å². The van der Waals surface area contributed by atoms with Gasteiger partial charge in [0.1, 0.15) is 5.82 Å². The highest BCUT2D eigenvalue weighted by molar-refractivity contribution is 6.34. The fraction of sp³-hybridized carbons (Fsp3) is 0.294. The molecular weight excluding hydrogens is 330 g/mol. The second-order valence-electron chi connectivity index (χ2n) is 4.99. The summed E-state index contributed by atoms with van der Waals surface area (Å²) in [4.78, 5) is 0. The van der Waals surface area contributed by atoms with E-state index in [2.05, 4.69) is 6.92 Å². The van der Waals surface area contributed by atoms with E-state index in [1.165, 1.54) is 17.7 Å². The van der Waals surface area contributed by atoms with Gasteiger partial charge >= 0.3 is 0 Å². The lowest BCUT2D eigenvalue weighted by molar-refractivity contribution is 0.623. The van der Waals surface area contributed by atoms with Crippen molar-refractivity contribution in [3.8, 4) is 0 Å². The SMILES string of the molecule is CC(C)c1cc(F)cc(Cl)c1.CCc1cc(Cl)cc(Cl)c1. The highest BCUT2D eigenvalue weighted by Gasteiger charge is 2.02. The molecule has 0 unspecified atom stereocenters. The van der Waals surface area contributed by atoms with Crippen LogP contribution in [0.15, 0.2) is 36.4 Å². The minimum absolute atomic E-state index is 0.263. The zero-order chi connectivity index (χ0) is 16.0. The summed E-state index contributed by atoms with van der Waals surface area (Å²) in [5.41, 5.74) is 2.12. The maximum Gasteiger partial charge on any atom is 0.124 e. The van der Waals surface area contributed by atoms with Crippen molar-refractivity contribution in [1.29, 1.82) is 0 Å². The summed E-state index contributed by atoms with van der Waals surface area (Å²) >= 11 is 17.1. The smallest absolute Gasteiger partial charge is 0.124 e. The average molecular weight is 348 g/mol. The van der Waals surface area contributed by atoms with E-state index >= 15 is 0 Å². The van der Waals surface area contributed by atoms with Crippen LogP contribution in [-0.2, 0) is 6.42 Å². The standard InChI is InChI=1S/C9H10ClF.C8H8Cl2/c1-6(2)7-3-8(10)5-9(11)4-7;1-2-6-3-7(9)5-8(10)4-6/h3-6H,1-2H3;3-5H,2H2,1H3. The summed E-state index contributed by atoms with van der Waals surface area (Å²) in [7, 11) is 0. The maximum atomic E-state index is 12.7. The van der Waals surface area contributed by atoms with Crippen LogP contribution in [0.3, 0.4) is 0 Å². The predicted octanol–water partition coefficient (Wildman–Crippen LogP) is 7.16. The van der Waals surface area contributed by atoms with Crippen LogP contribution in [0, 0.1) is 5.82 Å². The van der Waals surface area contributed by atoms with Gasteiger partial charge in [-0.2, -0.15) is 0 Å². The number of benzene rings is 2. The minimum atomic E-state index is -0.263. The summed E-state index contributed by atoms with van der Waals surface area (Å²) in [6, 6.07) is 10.2. The molecule has 21 heavy (non-hydrogen) atoms. The second-order valence-corrected chi connectivity index (χ2v) is 6.30. The largest absolute Gasteiger partial charge is 0.207 e. The van der Waals surface area contributed by atoms with Crippen LogP contribution in [0.25, 0.3) is 0 Å². The Balaban J connectivity index is 0.000000211. The molecule has 0 aliphatic heterocycles. The molecule has 0 nitrogen and oxygen atoms in total. The summed E-state index contributed by atoms with van der Waals surface area (Å²) in [5.74, 6) is 0.0596. The summed E-state index contributed by atoms with van der Waals surface area (Å²) in [6.45, 7) is 6.08. The zero-order valence-electron chi connectivity index (χ0n) is 12.3. The van der Waals surface area contributed by atoms with Crippen LogP contribution < -0.4 is 0 Å². The van der Waals surface area contributed by atoms with E-state index in [9.17, 15) is 4.39 Å². The van der Waals surface area contributed by atoms with Crippen molar-refractivity contribution >= 4 is 34.8 Å². The van der Waals surface area contributed by atoms with Crippen LogP contribution in [0.4, 0.5) is 4.39 Å². The van der Waals surface area contributed by atoms with E-state index < -0.39 is 0 Å². The van der Waals surface area contributed by atoms with E-state index in [1.54, 1.807) is 12.1 Å². The molecule has 0 heterocycles. The van der Waals surface area contributed by atoms with Gasteiger partial charge in [-0.15, -0.1) is 0 Å². The van der Waals surface area contributed by atoms with Crippen molar-refractivity contribution in [3.63, 3.8) is 0 Å². The van der Waals surface area contributed by atoms with Crippen LogP contribution in [0.5, 0.6) is 0 Å². The lowest BCUT2D eigenvalue weighted by Gasteiger charge is -2.04. The van der Waals surface area contributed by atoms with Gasteiger partial charge in [0.15, 0.2) is 0 Å². The molecule has 0 fully saturated rings. The molecule has 2 aromatic carbocycles. The van der Waals surface area contributed by atoms with Gasteiger partial charge in [-0.1, -0.05) is 55.6 Å². The Kier molecular flexibility index (Phi) is 7.51. The Hall–Kier alpha value is -0.760. The lowest BCUT2D eigenvalue weighted by Crippen LogP contribution is -1.88. The zero-order valence-corrected chi connectivity index (χ0v) is 14.5. The van der Waals surface area contributed by atoms with Crippen molar-refractivity contribution in [2.45, 2.75) is 33.1 Å². The quantitative estimate of drug-likeness (QED) is 0.540. The molecule has 0 aromatic heterocycles. The first-order chi connectivity index (χ1) is 9.81. The van der Waals surface area contributed by atoms with Crippen molar-refractivity contribution in [2.24, 2.45) is 0 Å². The fourth-order valence-corrected chi connectivity index (χ4v) is 2.53. The Bertz CT molecular complexity index is 554. The van der Waals surface area contributed by atoms with Gasteiger partial charge in [0, 0.05) is 15.1 Å². The minimum Gasteiger partial charge on any atom is -0.207 e. The van der Waals surface area contributed by atoms with Crippen molar-refractivity contribution in [2.75, 3.05) is 0 Å². The molecular formula is C17H18Cl3F. The van der Waals surface area contributed by atoms with Crippen LogP contribution >= 0.6 is 34.8 Å². The number of halogens is 4. The second kappa shape index (κ2) is 8.63. The van der Waals surface area contributed by atoms with Gasteiger partial charge in [-0.25, -0.2) is 4.39 Å². The van der Waals surface area contributed by atoms with E-state index in [0.717, 1.165) is 12.0 Å². The molecule has 4 heteroatoms. The topological polar surface area (TPSA) is 0 Å². The first-order valence-corrected chi connectivity index (χ1v) is 7.86. The molecule has 0 bridgehead atoms. The lowest BCUT2D eigenvalue weighted by atomic mass is 10.0. The molecule has 0 spiro atoms. The van der Waals surface area contributed by atoms with Crippen LogP contribution in [0.2, 0.25) is 15.1 Å². The molecule has 0 aliphatic rings. The van der Waals surface area contributed by atoms with Gasteiger partial charge < -0.3 is 0 Å². The summed E-state index contributed by atoms with van der Waals surface area (Å²) in [6.07, 6.45) is 0.972. The molecule has 0 saturated carbocycles. The van der Waals surface area contributed by atoms with E-state index in [4.69, 9.17) is 34.8 Å². The third-order valence-corrected chi connectivity index (χ3v) is 3.54. The Morgan fingerprint density at radius 2 is 1.38 bits per heavy atom. The third kappa shape index (κ3) is 6.69. The van der Waals surface area contributed by atoms with Crippen molar-refractivity contribution < 1.29 is 4.39 Å². The summed E-state index contributed by atoms with van der Waals surface area (Å²) in [5, 5.41) is 1.89. The maximum absolute atomic E-state index is 12.7. The van der Waals surface area contributed by atoms with Gasteiger partial charge in [-0.05, 0) is 59.9 Å². The molecule has 0 N–H and O–H groups in total. The molecule has 0 aliphatic carbocycles. The Labute approximate surface area is 140 Å². The number of hydrogen-bond donors (Lipinski definition) is 0. The van der Waals surface area contributed by atoms with Crippen LogP contribution in [0.1, 0.15) is 37.8 Å². The monoisotopic (exact) mass is 346 g/mol. The van der Waals surface area contributed by atoms with Crippen molar-refractivity contribution in [3.05, 3.63) is 68.4 Å². The molecule has 0 amide bonds. The number of rotatable bonds is 2. The Morgan fingerprint density at radius 1 is 0.857 bits per heavy atom. The van der Waals surface area contributed by atoms with E-state index in [-0.39, 0.29) is 5.82 Å². The molecule has 2 rings (SSSR count). The number of hydrogen-bond acceptors (Lipinski definition) is 0. The highest BCUT2D eigenvalue weighted by atomic mass is 35.5. The van der Waals surface area contributed by atoms with Gasteiger partial charge in [0.2, 0.25) is 0 Å². The van der Waals surface area contributed by atoms with E-state index in [1.807, 2.05) is 26.0 Å². The molecule has 0 radical (unpaired) electrons. The average Bonchev–Trinajstić information content (AvgIpc) is 2.37. The molecule has 114 valence electrons. The first-order valence-electron chi connectivity index (χ1n) is 6.72. The van der Waals surface area contributed by atoms with Crippen molar-refractivity contribution in [1.82, 2.24) is 0 Å². The predicted molar refractivity (Wildman–Crippen MR) is 91.3 cm³/mol. The number of aryl methyl sites for hydroxylation is 1.